The van der Waals surface area contributed by atoms with Gasteiger partial charge in [0.05, 0.1) is 4.47 Å². The lowest BCUT2D eigenvalue weighted by Gasteiger charge is -2.25. The van der Waals surface area contributed by atoms with E-state index in [0.29, 0.717) is 6.42 Å². The highest BCUT2D eigenvalue weighted by molar-refractivity contribution is 9.10. The van der Waals surface area contributed by atoms with E-state index < -0.39 is 17.2 Å². The molecule has 0 aliphatic rings. The minimum atomic E-state index is -0.718. The van der Waals surface area contributed by atoms with Crippen molar-refractivity contribution in [2.75, 3.05) is 0 Å². The maximum absolute atomic E-state index is 14.0. The highest BCUT2D eigenvalue weighted by Gasteiger charge is 2.24. The van der Waals surface area contributed by atoms with E-state index in [4.69, 9.17) is 5.73 Å². The van der Waals surface area contributed by atoms with Gasteiger partial charge in [-0.05, 0) is 53.4 Å². The lowest BCUT2D eigenvalue weighted by molar-refractivity contribution is 0.435. The third kappa shape index (κ3) is 3.64. The van der Waals surface area contributed by atoms with Crippen LogP contribution in [0.2, 0.25) is 0 Å². The topological polar surface area (TPSA) is 26.0 Å². The van der Waals surface area contributed by atoms with E-state index in [1.54, 1.807) is 6.92 Å². The van der Waals surface area contributed by atoms with Crippen LogP contribution in [0.15, 0.2) is 46.9 Å². The van der Waals surface area contributed by atoms with Crippen molar-refractivity contribution in [3.63, 3.8) is 0 Å². The van der Waals surface area contributed by atoms with Crippen molar-refractivity contribution in [3.8, 4) is 0 Å². The molecule has 20 heavy (non-hydrogen) atoms. The number of hydrogen-bond donors (Lipinski definition) is 1. The molecule has 0 aromatic heterocycles. The maximum atomic E-state index is 14.0. The van der Waals surface area contributed by atoms with Crippen LogP contribution in [0, 0.1) is 11.6 Å². The van der Waals surface area contributed by atoms with Crippen LogP contribution >= 0.6 is 15.9 Å². The molecule has 1 unspecified atom stereocenters. The molecule has 0 spiro atoms. The second kappa shape index (κ2) is 6.02. The SMILES string of the molecule is CC(N)(Cc1ccccc1)Cc1c(F)ccc(Br)c1F. The highest BCUT2D eigenvalue weighted by atomic mass is 79.9. The smallest absolute Gasteiger partial charge is 0.143 e. The maximum Gasteiger partial charge on any atom is 0.143 e. The third-order valence-corrected chi connectivity index (χ3v) is 3.78. The fourth-order valence-corrected chi connectivity index (χ4v) is 2.63. The van der Waals surface area contributed by atoms with E-state index in [2.05, 4.69) is 15.9 Å². The summed E-state index contributed by atoms with van der Waals surface area (Å²) in [6, 6.07) is 12.3. The molecule has 0 radical (unpaired) electrons. The number of halogens is 3. The van der Waals surface area contributed by atoms with Crippen LogP contribution in [-0.2, 0) is 12.8 Å². The van der Waals surface area contributed by atoms with Crippen molar-refractivity contribution in [1.82, 2.24) is 0 Å². The van der Waals surface area contributed by atoms with Gasteiger partial charge in [0.25, 0.3) is 0 Å². The van der Waals surface area contributed by atoms with Crippen LogP contribution in [-0.4, -0.2) is 5.54 Å². The first-order valence-corrected chi connectivity index (χ1v) is 7.13. The van der Waals surface area contributed by atoms with Crippen LogP contribution in [0.1, 0.15) is 18.1 Å². The summed E-state index contributed by atoms with van der Waals surface area (Å²) >= 11 is 3.07. The first-order valence-electron chi connectivity index (χ1n) is 6.34. The van der Waals surface area contributed by atoms with Crippen molar-refractivity contribution < 1.29 is 8.78 Å². The Labute approximate surface area is 125 Å². The van der Waals surface area contributed by atoms with Gasteiger partial charge in [0.2, 0.25) is 0 Å². The molecule has 0 heterocycles. The van der Waals surface area contributed by atoms with Crippen molar-refractivity contribution >= 4 is 15.9 Å². The number of hydrogen-bond acceptors (Lipinski definition) is 1. The summed E-state index contributed by atoms with van der Waals surface area (Å²) in [6.45, 7) is 1.81. The van der Waals surface area contributed by atoms with Gasteiger partial charge >= 0.3 is 0 Å². The fraction of sp³-hybridized carbons (Fsp3) is 0.250. The quantitative estimate of drug-likeness (QED) is 0.829. The van der Waals surface area contributed by atoms with Gasteiger partial charge in [-0.25, -0.2) is 8.78 Å². The van der Waals surface area contributed by atoms with Crippen LogP contribution < -0.4 is 5.73 Å². The Balaban J connectivity index is 2.22. The predicted molar refractivity (Wildman–Crippen MR) is 80.5 cm³/mol. The molecule has 0 saturated heterocycles. The monoisotopic (exact) mass is 339 g/mol. The van der Waals surface area contributed by atoms with Crippen LogP contribution in [0.5, 0.6) is 0 Å². The Morgan fingerprint density at radius 1 is 1.05 bits per heavy atom. The summed E-state index contributed by atoms with van der Waals surface area (Å²) in [4.78, 5) is 0. The van der Waals surface area contributed by atoms with Crippen LogP contribution in [0.3, 0.4) is 0 Å². The highest BCUT2D eigenvalue weighted by Crippen LogP contribution is 2.25. The molecule has 0 aliphatic heterocycles. The molecule has 4 heteroatoms. The van der Waals surface area contributed by atoms with Gasteiger partial charge in [0, 0.05) is 11.1 Å². The van der Waals surface area contributed by atoms with Gasteiger partial charge in [-0.2, -0.15) is 0 Å². The predicted octanol–water partition coefficient (Wildman–Crippen LogP) is 4.23. The first-order chi connectivity index (χ1) is 9.39. The van der Waals surface area contributed by atoms with Crippen LogP contribution in [0.4, 0.5) is 8.78 Å². The summed E-state index contributed by atoms with van der Waals surface area (Å²) in [5.74, 6) is -1.13. The second-order valence-corrected chi connectivity index (χ2v) is 6.17. The number of benzene rings is 2. The van der Waals surface area contributed by atoms with Gasteiger partial charge < -0.3 is 5.73 Å². The first kappa shape index (κ1) is 15.1. The van der Waals surface area contributed by atoms with E-state index in [0.717, 1.165) is 5.56 Å². The lowest BCUT2D eigenvalue weighted by atomic mass is 9.87. The molecule has 0 saturated carbocycles. The molecule has 1 atom stereocenters. The van der Waals surface area contributed by atoms with E-state index >= 15 is 0 Å². The molecule has 2 N–H and O–H groups in total. The van der Waals surface area contributed by atoms with E-state index in [1.165, 1.54) is 12.1 Å². The van der Waals surface area contributed by atoms with Gasteiger partial charge in [-0.3, -0.25) is 0 Å². The average molecular weight is 340 g/mol. The molecular formula is C16H16BrF2N. The van der Waals surface area contributed by atoms with Gasteiger partial charge in [-0.1, -0.05) is 30.3 Å². The molecule has 0 amide bonds. The Hall–Kier alpha value is -1.26. The number of rotatable bonds is 4. The molecule has 0 bridgehead atoms. The fourth-order valence-electron chi connectivity index (χ4n) is 2.26. The molecule has 2 aromatic rings. The van der Waals surface area contributed by atoms with Gasteiger partial charge in [0.15, 0.2) is 0 Å². The van der Waals surface area contributed by atoms with E-state index in [1.807, 2.05) is 30.3 Å². The van der Waals surface area contributed by atoms with E-state index in [9.17, 15) is 8.78 Å². The van der Waals surface area contributed by atoms with E-state index in [-0.39, 0.29) is 16.5 Å². The summed E-state index contributed by atoms with van der Waals surface area (Å²) in [5, 5.41) is 0. The normalized spacial score (nSPS) is 14.1. The lowest BCUT2D eigenvalue weighted by Crippen LogP contribution is -2.41. The zero-order valence-corrected chi connectivity index (χ0v) is 12.8. The molecule has 2 rings (SSSR count). The Morgan fingerprint density at radius 2 is 1.70 bits per heavy atom. The van der Waals surface area contributed by atoms with Crippen LogP contribution in [0.25, 0.3) is 0 Å². The molecule has 0 fully saturated rings. The minimum Gasteiger partial charge on any atom is -0.325 e. The molecule has 0 aliphatic carbocycles. The third-order valence-electron chi connectivity index (χ3n) is 3.17. The molecule has 2 aromatic carbocycles. The second-order valence-electron chi connectivity index (χ2n) is 5.31. The zero-order chi connectivity index (χ0) is 14.8. The number of nitrogens with two attached hydrogens (primary N) is 1. The average Bonchev–Trinajstić information content (AvgIpc) is 2.40. The standard InChI is InChI=1S/C16H16BrF2N/c1-16(20,9-11-5-3-2-4-6-11)10-12-14(18)8-7-13(17)15(12)19/h2-8H,9-10,20H2,1H3. The Morgan fingerprint density at radius 3 is 2.35 bits per heavy atom. The van der Waals surface area contributed by atoms with Crippen molar-refractivity contribution in [2.24, 2.45) is 5.73 Å². The summed E-state index contributed by atoms with van der Waals surface area (Å²) in [7, 11) is 0. The van der Waals surface area contributed by atoms with Crippen molar-refractivity contribution in [1.29, 1.82) is 0 Å². The molecule has 1 nitrogen and oxygen atoms in total. The molecular weight excluding hydrogens is 324 g/mol. The summed E-state index contributed by atoms with van der Waals surface area (Å²) < 4.78 is 28.0. The summed E-state index contributed by atoms with van der Waals surface area (Å²) in [5.41, 5.74) is 6.58. The van der Waals surface area contributed by atoms with Crippen molar-refractivity contribution in [2.45, 2.75) is 25.3 Å². The zero-order valence-electron chi connectivity index (χ0n) is 11.2. The Bertz CT molecular complexity index is 597. The summed E-state index contributed by atoms with van der Waals surface area (Å²) in [6.07, 6.45) is 0.693. The minimum absolute atomic E-state index is 0.0281. The molecule has 106 valence electrons. The van der Waals surface area contributed by atoms with Gasteiger partial charge in [0.1, 0.15) is 11.6 Å². The largest absolute Gasteiger partial charge is 0.325 e. The van der Waals surface area contributed by atoms with Crippen molar-refractivity contribution in [3.05, 3.63) is 69.7 Å². The van der Waals surface area contributed by atoms with Gasteiger partial charge in [-0.15, -0.1) is 0 Å². The Kier molecular flexibility index (Phi) is 4.55.